The normalized spacial score (nSPS) is 10.7. The summed E-state index contributed by atoms with van der Waals surface area (Å²) in [5, 5.41) is 1.13. The lowest BCUT2D eigenvalue weighted by atomic mass is 10.2. The summed E-state index contributed by atoms with van der Waals surface area (Å²) in [7, 11) is 0. The summed E-state index contributed by atoms with van der Waals surface area (Å²) >= 11 is 1.34. The van der Waals surface area contributed by atoms with Crippen molar-refractivity contribution in [3.8, 4) is 0 Å². The highest BCUT2D eigenvalue weighted by Gasteiger charge is 2.09. The van der Waals surface area contributed by atoms with Crippen molar-refractivity contribution in [2.45, 2.75) is 11.8 Å². The van der Waals surface area contributed by atoms with Crippen LogP contribution in [0, 0.1) is 6.92 Å². The Morgan fingerprint density at radius 2 is 1.90 bits per heavy atom. The number of fused-ring (bicyclic) bond motifs is 1. The summed E-state index contributed by atoms with van der Waals surface area (Å²) < 4.78 is 2.87. The molecule has 3 rings (SSSR count). The molecular weight excluding hydrogens is 268 g/mol. The Kier molecular flexibility index (Phi) is 3.48. The molecule has 3 aromatic rings. The van der Waals surface area contributed by atoms with Crippen LogP contribution in [0.5, 0.6) is 0 Å². The fourth-order valence-electron chi connectivity index (χ4n) is 2.11. The predicted octanol–water partition coefficient (Wildman–Crippen LogP) is 3.91. The van der Waals surface area contributed by atoms with Gasteiger partial charge in [0.25, 0.3) is 5.91 Å². The average molecular weight is 282 g/mol. The SMILES string of the molecule is Cc1cccc2c(SNC(=O)c3ccccc3)c[nH]c12. The molecule has 0 atom stereocenters. The molecule has 0 aliphatic rings. The molecule has 100 valence electrons. The van der Waals surface area contributed by atoms with Crippen molar-refractivity contribution in [3.05, 3.63) is 65.9 Å². The molecule has 3 nitrogen and oxygen atoms in total. The van der Waals surface area contributed by atoms with E-state index in [2.05, 4.69) is 28.8 Å². The van der Waals surface area contributed by atoms with Gasteiger partial charge in [0.1, 0.15) is 0 Å². The van der Waals surface area contributed by atoms with Gasteiger partial charge in [0.15, 0.2) is 0 Å². The predicted molar refractivity (Wildman–Crippen MR) is 82.8 cm³/mol. The molecule has 2 N–H and O–H groups in total. The molecule has 0 saturated carbocycles. The molecule has 0 aliphatic carbocycles. The minimum atomic E-state index is -0.0856. The Morgan fingerprint density at radius 3 is 2.70 bits per heavy atom. The van der Waals surface area contributed by atoms with Gasteiger partial charge in [0, 0.05) is 22.7 Å². The van der Waals surface area contributed by atoms with E-state index in [0.717, 1.165) is 15.8 Å². The lowest BCUT2D eigenvalue weighted by molar-refractivity contribution is 0.0984. The largest absolute Gasteiger partial charge is 0.360 e. The topological polar surface area (TPSA) is 44.9 Å². The number of para-hydroxylation sites is 1. The molecular formula is C16H14N2OS. The van der Waals surface area contributed by atoms with E-state index in [1.165, 1.54) is 17.5 Å². The van der Waals surface area contributed by atoms with Gasteiger partial charge in [-0.15, -0.1) is 0 Å². The Labute approximate surface area is 121 Å². The van der Waals surface area contributed by atoms with Crippen LogP contribution in [0.3, 0.4) is 0 Å². The number of aryl methyl sites for hydroxylation is 1. The van der Waals surface area contributed by atoms with Gasteiger partial charge < -0.3 is 4.98 Å². The second kappa shape index (κ2) is 5.43. The zero-order chi connectivity index (χ0) is 13.9. The number of carbonyl (C=O) groups is 1. The van der Waals surface area contributed by atoms with Crippen molar-refractivity contribution in [2.75, 3.05) is 0 Å². The maximum atomic E-state index is 12.0. The van der Waals surface area contributed by atoms with Crippen LogP contribution in [0.25, 0.3) is 10.9 Å². The molecule has 1 amide bonds. The smallest absolute Gasteiger partial charge is 0.261 e. The van der Waals surface area contributed by atoms with Crippen LogP contribution in [0.2, 0.25) is 0 Å². The lowest BCUT2D eigenvalue weighted by Crippen LogP contribution is -2.15. The Balaban J connectivity index is 1.78. The first-order chi connectivity index (χ1) is 9.75. The first-order valence-electron chi connectivity index (χ1n) is 6.34. The summed E-state index contributed by atoms with van der Waals surface area (Å²) in [6, 6.07) is 15.3. The Morgan fingerprint density at radius 1 is 1.10 bits per heavy atom. The number of benzene rings is 2. The number of aromatic nitrogens is 1. The van der Waals surface area contributed by atoms with Crippen LogP contribution in [0.1, 0.15) is 15.9 Å². The number of H-pyrrole nitrogens is 1. The fraction of sp³-hybridized carbons (Fsp3) is 0.0625. The molecule has 0 unspecified atom stereocenters. The molecule has 1 aromatic heterocycles. The van der Waals surface area contributed by atoms with Gasteiger partial charge in [-0.1, -0.05) is 36.4 Å². The van der Waals surface area contributed by atoms with Crippen molar-refractivity contribution in [3.63, 3.8) is 0 Å². The molecule has 0 saturated heterocycles. The van der Waals surface area contributed by atoms with Crippen molar-refractivity contribution in [2.24, 2.45) is 0 Å². The first kappa shape index (κ1) is 12.8. The molecule has 20 heavy (non-hydrogen) atoms. The molecule has 0 radical (unpaired) electrons. The van der Waals surface area contributed by atoms with Gasteiger partial charge in [-0.25, -0.2) is 0 Å². The van der Waals surface area contributed by atoms with E-state index < -0.39 is 0 Å². The van der Waals surface area contributed by atoms with Gasteiger partial charge in [0.2, 0.25) is 0 Å². The summed E-state index contributed by atoms with van der Waals surface area (Å²) in [6.45, 7) is 2.07. The van der Waals surface area contributed by atoms with Gasteiger partial charge >= 0.3 is 0 Å². The van der Waals surface area contributed by atoms with E-state index in [1.54, 1.807) is 12.1 Å². The second-order valence-electron chi connectivity index (χ2n) is 4.55. The molecule has 2 aromatic carbocycles. The number of hydrogen-bond donors (Lipinski definition) is 2. The van der Waals surface area contributed by atoms with E-state index in [0.29, 0.717) is 5.56 Å². The third-order valence-electron chi connectivity index (χ3n) is 3.18. The van der Waals surface area contributed by atoms with Gasteiger partial charge in [-0.05, 0) is 36.6 Å². The minimum absolute atomic E-state index is 0.0856. The summed E-state index contributed by atoms with van der Waals surface area (Å²) in [5.41, 5.74) is 2.98. The molecule has 4 heteroatoms. The number of hydrogen-bond acceptors (Lipinski definition) is 2. The average Bonchev–Trinajstić information content (AvgIpc) is 2.90. The van der Waals surface area contributed by atoms with Crippen LogP contribution < -0.4 is 4.72 Å². The summed E-state index contributed by atoms with van der Waals surface area (Å²) in [5.74, 6) is -0.0856. The van der Waals surface area contributed by atoms with E-state index in [9.17, 15) is 4.79 Å². The van der Waals surface area contributed by atoms with Crippen molar-refractivity contribution in [1.82, 2.24) is 9.71 Å². The lowest BCUT2D eigenvalue weighted by Gasteiger charge is -2.03. The summed E-state index contributed by atoms with van der Waals surface area (Å²) in [4.78, 5) is 16.3. The Hall–Kier alpha value is -2.20. The molecule has 0 fully saturated rings. The van der Waals surface area contributed by atoms with Gasteiger partial charge in [-0.3, -0.25) is 9.52 Å². The zero-order valence-electron chi connectivity index (χ0n) is 11.0. The van der Waals surface area contributed by atoms with Crippen LogP contribution in [-0.4, -0.2) is 10.9 Å². The van der Waals surface area contributed by atoms with E-state index >= 15 is 0 Å². The van der Waals surface area contributed by atoms with Crippen LogP contribution in [-0.2, 0) is 0 Å². The van der Waals surface area contributed by atoms with Gasteiger partial charge in [-0.2, -0.15) is 0 Å². The van der Waals surface area contributed by atoms with Crippen molar-refractivity contribution >= 4 is 28.8 Å². The first-order valence-corrected chi connectivity index (χ1v) is 7.16. The van der Waals surface area contributed by atoms with E-state index in [1.807, 2.05) is 30.5 Å². The second-order valence-corrected chi connectivity index (χ2v) is 5.40. The minimum Gasteiger partial charge on any atom is -0.360 e. The van der Waals surface area contributed by atoms with Crippen LogP contribution >= 0.6 is 11.9 Å². The standard InChI is InChI=1S/C16H14N2OS/c1-11-6-5-9-13-14(10-17-15(11)13)20-18-16(19)12-7-3-2-4-8-12/h2-10,17H,1H3,(H,18,19). The number of rotatable bonds is 3. The van der Waals surface area contributed by atoms with E-state index in [-0.39, 0.29) is 5.91 Å². The highest BCUT2D eigenvalue weighted by atomic mass is 32.2. The number of aromatic amines is 1. The molecule has 0 bridgehead atoms. The maximum Gasteiger partial charge on any atom is 0.261 e. The summed E-state index contributed by atoms with van der Waals surface area (Å²) in [6.07, 6.45) is 1.92. The van der Waals surface area contributed by atoms with Crippen LogP contribution in [0.15, 0.2) is 59.6 Å². The highest BCUT2D eigenvalue weighted by molar-refractivity contribution is 7.98. The molecule has 0 spiro atoms. The van der Waals surface area contributed by atoms with E-state index in [4.69, 9.17) is 0 Å². The number of nitrogens with one attached hydrogen (secondary N) is 2. The molecule has 1 heterocycles. The van der Waals surface area contributed by atoms with Gasteiger partial charge in [0.05, 0.1) is 4.90 Å². The number of amides is 1. The van der Waals surface area contributed by atoms with Crippen molar-refractivity contribution in [1.29, 1.82) is 0 Å². The quantitative estimate of drug-likeness (QED) is 0.715. The Bertz CT molecular complexity index is 750. The highest BCUT2D eigenvalue weighted by Crippen LogP contribution is 2.27. The fourth-order valence-corrected chi connectivity index (χ4v) is 2.83. The zero-order valence-corrected chi connectivity index (χ0v) is 11.8. The monoisotopic (exact) mass is 282 g/mol. The maximum absolute atomic E-state index is 12.0. The molecule has 0 aliphatic heterocycles. The van der Waals surface area contributed by atoms with Crippen LogP contribution in [0.4, 0.5) is 0 Å². The third-order valence-corrected chi connectivity index (χ3v) is 4.02. The third kappa shape index (κ3) is 2.42. The number of carbonyl (C=O) groups excluding carboxylic acids is 1. The van der Waals surface area contributed by atoms with Crippen molar-refractivity contribution < 1.29 is 4.79 Å².